The number of likely N-dealkylation sites (tertiary alicyclic amines) is 1. The molecule has 194 valence electrons. The van der Waals surface area contributed by atoms with Crippen molar-refractivity contribution in [1.29, 1.82) is 0 Å². The van der Waals surface area contributed by atoms with Crippen LogP contribution >= 0.6 is 0 Å². The van der Waals surface area contributed by atoms with Crippen molar-refractivity contribution < 1.29 is 14.3 Å². The molecular formula is C28H29N7O3. The molecule has 0 radical (unpaired) electrons. The summed E-state index contributed by atoms with van der Waals surface area (Å²) < 4.78 is 7.15. The van der Waals surface area contributed by atoms with Gasteiger partial charge in [0.05, 0.1) is 24.1 Å². The number of rotatable bonds is 7. The molecule has 1 atom stereocenters. The van der Waals surface area contributed by atoms with Gasteiger partial charge in [-0.05, 0) is 36.6 Å². The SMILES string of the molecule is C=CC(=O)N1CCC[C@@H](n2nc(-c3ccc(CNC(=O)c4ccccc4OC)cc3)c3c(N)ncnc32)C1. The maximum Gasteiger partial charge on any atom is 0.255 e. The normalized spacial score (nSPS) is 15.3. The minimum absolute atomic E-state index is 0.0392. The Morgan fingerprint density at radius 1 is 1.18 bits per heavy atom. The van der Waals surface area contributed by atoms with Crippen molar-refractivity contribution in [2.45, 2.75) is 25.4 Å². The van der Waals surface area contributed by atoms with Crippen LogP contribution < -0.4 is 15.8 Å². The summed E-state index contributed by atoms with van der Waals surface area (Å²) in [6, 6.07) is 14.8. The van der Waals surface area contributed by atoms with Gasteiger partial charge in [0, 0.05) is 25.2 Å². The van der Waals surface area contributed by atoms with Gasteiger partial charge in [-0.1, -0.05) is 43.0 Å². The first-order valence-corrected chi connectivity index (χ1v) is 12.4. The lowest BCUT2D eigenvalue weighted by atomic mass is 10.1. The van der Waals surface area contributed by atoms with E-state index in [1.54, 1.807) is 30.2 Å². The number of methoxy groups -OCH3 is 1. The van der Waals surface area contributed by atoms with Crippen molar-refractivity contribution >= 4 is 28.7 Å². The van der Waals surface area contributed by atoms with E-state index in [1.165, 1.54) is 12.4 Å². The Morgan fingerprint density at radius 2 is 1.97 bits per heavy atom. The van der Waals surface area contributed by atoms with E-state index in [4.69, 9.17) is 15.6 Å². The molecule has 0 saturated carbocycles. The summed E-state index contributed by atoms with van der Waals surface area (Å²) in [4.78, 5) is 35.3. The average molecular weight is 512 g/mol. The number of anilines is 1. The molecule has 0 unspecified atom stereocenters. The Hall–Kier alpha value is -4.73. The van der Waals surface area contributed by atoms with E-state index in [-0.39, 0.29) is 17.9 Å². The summed E-state index contributed by atoms with van der Waals surface area (Å²) in [6.07, 6.45) is 4.50. The first-order chi connectivity index (χ1) is 18.5. The highest BCUT2D eigenvalue weighted by molar-refractivity contribution is 5.98. The van der Waals surface area contributed by atoms with Gasteiger partial charge in [-0.3, -0.25) is 9.59 Å². The number of piperidine rings is 1. The van der Waals surface area contributed by atoms with E-state index >= 15 is 0 Å². The van der Waals surface area contributed by atoms with Crippen LogP contribution in [0.15, 0.2) is 67.5 Å². The average Bonchev–Trinajstić information content (AvgIpc) is 3.37. The minimum atomic E-state index is -0.211. The van der Waals surface area contributed by atoms with Gasteiger partial charge in [0.1, 0.15) is 23.6 Å². The Balaban J connectivity index is 1.39. The van der Waals surface area contributed by atoms with Crippen molar-refractivity contribution in [2.24, 2.45) is 0 Å². The van der Waals surface area contributed by atoms with Crippen molar-refractivity contribution in [3.63, 3.8) is 0 Å². The quantitative estimate of drug-likeness (QED) is 0.364. The topological polar surface area (TPSA) is 128 Å². The molecule has 10 heteroatoms. The molecule has 1 aliphatic heterocycles. The molecule has 0 spiro atoms. The number of fused-ring (bicyclic) bond motifs is 1. The van der Waals surface area contributed by atoms with Crippen LogP contribution in [0.1, 0.15) is 34.8 Å². The van der Waals surface area contributed by atoms with Crippen LogP contribution in [0, 0.1) is 0 Å². The zero-order valence-corrected chi connectivity index (χ0v) is 21.1. The van der Waals surface area contributed by atoms with Crippen LogP contribution in [-0.2, 0) is 11.3 Å². The fraction of sp³-hybridized carbons (Fsp3) is 0.250. The van der Waals surface area contributed by atoms with Crippen LogP contribution in [0.25, 0.3) is 22.3 Å². The third kappa shape index (κ3) is 4.80. The number of carbonyl (C=O) groups is 2. The van der Waals surface area contributed by atoms with Gasteiger partial charge < -0.3 is 20.7 Å². The van der Waals surface area contributed by atoms with Gasteiger partial charge in [0.25, 0.3) is 5.91 Å². The number of nitrogens with zero attached hydrogens (tertiary/aromatic N) is 5. The van der Waals surface area contributed by atoms with Gasteiger partial charge >= 0.3 is 0 Å². The number of carbonyl (C=O) groups excluding carboxylic acids is 2. The number of hydrogen-bond acceptors (Lipinski definition) is 7. The van der Waals surface area contributed by atoms with Gasteiger partial charge in [-0.25, -0.2) is 14.6 Å². The highest BCUT2D eigenvalue weighted by atomic mass is 16.5. The third-order valence-corrected chi connectivity index (χ3v) is 6.78. The number of ether oxygens (including phenoxy) is 1. The highest BCUT2D eigenvalue weighted by Crippen LogP contribution is 2.34. The first-order valence-electron chi connectivity index (χ1n) is 12.4. The molecule has 4 aromatic rings. The molecule has 1 fully saturated rings. The van der Waals surface area contributed by atoms with E-state index in [0.29, 0.717) is 53.5 Å². The predicted molar refractivity (Wildman–Crippen MR) is 144 cm³/mol. The van der Waals surface area contributed by atoms with Crippen molar-refractivity contribution in [3.05, 3.63) is 78.6 Å². The standard InChI is InChI=1S/C28H29N7O3/c1-3-23(36)34-14-6-7-20(16-34)35-27-24(26(29)31-17-32-27)25(33-35)19-12-10-18(11-13-19)15-30-28(37)21-8-4-5-9-22(21)38-2/h3-5,8-13,17,20H,1,6-7,14-16H2,2H3,(H,30,37)(H2,29,31,32)/t20-/m1/s1. The summed E-state index contributed by atoms with van der Waals surface area (Å²) in [5.41, 5.74) is 9.86. The Bertz CT molecular complexity index is 1500. The lowest BCUT2D eigenvalue weighted by Crippen LogP contribution is -2.40. The molecule has 1 saturated heterocycles. The molecule has 10 nitrogen and oxygen atoms in total. The van der Waals surface area contributed by atoms with Crippen molar-refractivity contribution in [3.8, 4) is 17.0 Å². The highest BCUT2D eigenvalue weighted by Gasteiger charge is 2.28. The second-order valence-corrected chi connectivity index (χ2v) is 9.12. The minimum Gasteiger partial charge on any atom is -0.496 e. The number of nitrogens with two attached hydrogens (primary N) is 1. The second-order valence-electron chi connectivity index (χ2n) is 9.12. The van der Waals surface area contributed by atoms with E-state index in [1.807, 2.05) is 35.0 Å². The maximum absolute atomic E-state index is 12.6. The van der Waals surface area contributed by atoms with Crippen LogP contribution in [0.5, 0.6) is 5.75 Å². The zero-order chi connectivity index (χ0) is 26.6. The smallest absolute Gasteiger partial charge is 0.255 e. The maximum atomic E-state index is 12.6. The molecule has 2 aromatic carbocycles. The summed E-state index contributed by atoms with van der Waals surface area (Å²) in [5, 5.41) is 8.53. The summed E-state index contributed by atoms with van der Waals surface area (Å²) in [7, 11) is 1.54. The van der Waals surface area contributed by atoms with E-state index < -0.39 is 0 Å². The summed E-state index contributed by atoms with van der Waals surface area (Å²) >= 11 is 0. The first kappa shape index (κ1) is 24.9. The molecule has 1 aliphatic rings. The van der Waals surface area contributed by atoms with Crippen LogP contribution in [0.4, 0.5) is 5.82 Å². The molecule has 5 rings (SSSR count). The molecule has 0 bridgehead atoms. The van der Waals surface area contributed by atoms with Crippen molar-refractivity contribution in [1.82, 2.24) is 30.0 Å². The van der Waals surface area contributed by atoms with E-state index in [9.17, 15) is 9.59 Å². The molecule has 38 heavy (non-hydrogen) atoms. The van der Waals surface area contributed by atoms with Crippen LogP contribution in [0.3, 0.4) is 0 Å². The number of hydrogen-bond donors (Lipinski definition) is 2. The van der Waals surface area contributed by atoms with Gasteiger partial charge in [0.2, 0.25) is 5.91 Å². The van der Waals surface area contributed by atoms with Gasteiger partial charge in [-0.2, -0.15) is 5.10 Å². The Kier molecular flexibility index (Phi) is 7.03. The van der Waals surface area contributed by atoms with Gasteiger partial charge in [0.15, 0.2) is 5.65 Å². The number of amides is 2. The second kappa shape index (κ2) is 10.7. The number of para-hydroxylation sites is 1. The number of benzene rings is 2. The number of aromatic nitrogens is 4. The Morgan fingerprint density at radius 3 is 2.74 bits per heavy atom. The predicted octanol–water partition coefficient (Wildman–Crippen LogP) is 3.36. The van der Waals surface area contributed by atoms with Crippen LogP contribution in [0.2, 0.25) is 0 Å². The Labute approximate surface area is 220 Å². The fourth-order valence-corrected chi connectivity index (χ4v) is 4.83. The summed E-state index contributed by atoms with van der Waals surface area (Å²) in [5.74, 6) is 0.573. The zero-order valence-electron chi connectivity index (χ0n) is 21.1. The lowest BCUT2D eigenvalue weighted by molar-refractivity contribution is -0.127. The molecule has 3 N–H and O–H groups in total. The fourth-order valence-electron chi connectivity index (χ4n) is 4.83. The molecule has 3 heterocycles. The third-order valence-electron chi connectivity index (χ3n) is 6.78. The molecule has 0 aliphatic carbocycles. The monoisotopic (exact) mass is 511 g/mol. The van der Waals surface area contributed by atoms with E-state index in [2.05, 4.69) is 21.9 Å². The molecule has 2 amide bonds. The number of nitrogens with one attached hydrogen (secondary N) is 1. The van der Waals surface area contributed by atoms with Crippen LogP contribution in [-0.4, -0.2) is 56.7 Å². The largest absolute Gasteiger partial charge is 0.496 e. The molecule has 2 aromatic heterocycles. The summed E-state index contributed by atoms with van der Waals surface area (Å²) in [6.45, 7) is 5.18. The molecular weight excluding hydrogens is 482 g/mol. The van der Waals surface area contributed by atoms with Gasteiger partial charge in [-0.15, -0.1) is 0 Å². The van der Waals surface area contributed by atoms with E-state index in [0.717, 1.165) is 24.0 Å². The number of nitrogen functional groups attached to an aromatic ring is 1. The van der Waals surface area contributed by atoms with Crippen molar-refractivity contribution in [2.75, 3.05) is 25.9 Å². The lowest BCUT2D eigenvalue weighted by Gasteiger charge is -2.32.